The maximum absolute atomic E-state index is 13.0. The van der Waals surface area contributed by atoms with E-state index in [1.54, 1.807) is 6.07 Å². The van der Waals surface area contributed by atoms with Crippen LogP contribution in [-0.4, -0.2) is 46.6 Å². The number of anilines is 2. The lowest BCUT2D eigenvalue weighted by Gasteiger charge is -2.29. The Hall–Kier alpha value is -3.92. The number of methoxy groups -OCH3 is 1. The van der Waals surface area contributed by atoms with E-state index in [0.717, 1.165) is 23.3 Å². The summed E-state index contributed by atoms with van der Waals surface area (Å²) in [4.78, 5) is 26.0. The minimum Gasteiger partial charge on any atom is -0.495 e. The first-order valence-electron chi connectivity index (χ1n) is 11.2. The van der Waals surface area contributed by atoms with Gasteiger partial charge in [-0.25, -0.2) is 18.1 Å². The maximum Gasteiger partial charge on any atom is 0.573 e. The van der Waals surface area contributed by atoms with Crippen molar-refractivity contribution in [3.8, 4) is 23.3 Å². The van der Waals surface area contributed by atoms with Gasteiger partial charge < -0.3 is 14.8 Å². The van der Waals surface area contributed by atoms with Gasteiger partial charge in [0.2, 0.25) is 15.9 Å². The molecule has 0 atom stereocenters. The second-order valence-corrected chi connectivity index (χ2v) is 11.2. The molecule has 204 valence electrons. The largest absolute Gasteiger partial charge is 0.573 e. The van der Waals surface area contributed by atoms with Gasteiger partial charge >= 0.3 is 12.4 Å². The number of carbonyl (C=O) groups is 2. The van der Waals surface area contributed by atoms with Crippen LogP contribution in [0, 0.1) is 11.8 Å². The van der Waals surface area contributed by atoms with Gasteiger partial charge in [0, 0.05) is 24.1 Å². The molecule has 13 heteroatoms. The van der Waals surface area contributed by atoms with Crippen molar-refractivity contribution < 1.29 is 40.7 Å². The van der Waals surface area contributed by atoms with Gasteiger partial charge in [-0.3, -0.25) is 9.52 Å². The maximum atomic E-state index is 13.0. The number of hydrogen-bond acceptors (Lipinski definition) is 6. The summed E-state index contributed by atoms with van der Waals surface area (Å²) in [6.07, 6.45) is -4.18. The van der Waals surface area contributed by atoms with Gasteiger partial charge in [0.1, 0.15) is 5.75 Å². The summed E-state index contributed by atoms with van der Waals surface area (Å²) < 4.78 is 73.6. The molecule has 1 heterocycles. The predicted octanol–water partition coefficient (Wildman–Crippen LogP) is 4.11. The van der Waals surface area contributed by atoms with Crippen molar-refractivity contribution in [2.24, 2.45) is 0 Å². The highest BCUT2D eigenvalue weighted by atomic mass is 32.2. The number of urea groups is 1. The number of sulfonamides is 1. The highest BCUT2D eigenvalue weighted by Crippen LogP contribution is 2.38. The van der Waals surface area contributed by atoms with Crippen LogP contribution in [0.1, 0.15) is 43.9 Å². The van der Waals surface area contributed by atoms with E-state index in [-0.39, 0.29) is 29.8 Å². The Balaban J connectivity index is 2.16. The molecule has 0 aromatic heterocycles. The normalized spacial score (nSPS) is 14.4. The van der Waals surface area contributed by atoms with E-state index in [0.29, 0.717) is 11.3 Å². The first-order chi connectivity index (χ1) is 17.5. The topological polar surface area (TPSA) is 114 Å². The van der Waals surface area contributed by atoms with Gasteiger partial charge in [-0.05, 0) is 35.7 Å². The second-order valence-electron chi connectivity index (χ2n) is 9.42. The zero-order valence-corrected chi connectivity index (χ0v) is 22.1. The molecule has 2 aromatic rings. The van der Waals surface area contributed by atoms with Gasteiger partial charge in [0.15, 0.2) is 5.75 Å². The zero-order valence-electron chi connectivity index (χ0n) is 21.2. The van der Waals surface area contributed by atoms with Crippen LogP contribution in [-0.2, 0) is 20.2 Å². The van der Waals surface area contributed by atoms with Crippen molar-refractivity contribution in [2.45, 2.75) is 39.0 Å². The highest BCUT2D eigenvalue weighted by molar-refractivity contribution is 7.92. The number of hydrogen-bond donors (Lipinski definition) is 2. The molecule has 1 fully saturated rings. The van der Waals surface area contributed by atoms with Crippen LogP contribution in [0.15, 0.2) is 30.3 Å². The van der Waals surface area contributed by atoms with Crippen LogP contribution < -0.4 is 24.4 Å². The first-order valence-corrected chi connectivity index (χ1v) is 13.1. The smallest absolute Gasteiger partial charge is 0.495 e. The van der Waals surface area contributed by atoms with Crippen LogP contribution >= 0.6 is 0 Å². The predicted molar refractivity (Wildman–Crippen MR) is 135 cm³/mol. The Labute approximate surface area is 218 Å². The number of nitrogens with one attached hydrogen (secondary N) is 2. The molecule has 38 heavy (non-hydrogen) atoms. The number of halogens is 3. The van der Waals surface area contributed by atoms with Crippen molar-refractivity contribution >= 4 is 33.3 Å². The van der Waals surface area contributed by atoms with E-state index >= 15 is 0 Å². The lowest BCUT2D eigenvalue weighted by atomic mass is 9.84. The van der Waals surface area contributed by atoms with Crippen molar-refractivity contribution in [3.05, 3.63) is 47.0 Å². The fraction of sp³-hybridized carbons (Fsp3) is 0.360. The van der Waals surface area contributed by atoms with Crippen molar-refractivity contribution in [1.29, 1.82) is 0 Å². The molecule has 0 spiro atoms. The number of amides is 3. The monoisotopic (exact) mass is 553 g/mol. The van der Waals surface area contributed by atoms with Crippen LogP contribution in [0.5, 0.6) is 11.5 Å². The third-order valence-corrected chi connectivity index (χ3v) is 5.85. The number of benzene rings is 2. The second kappa shape index (κ2) is 10.4. The SMILES string of the molecule is COc1c(C#Cc2ccc(NS(C)(=O)=O)c(OC(F)(F)F)c2)cc(N2C(=O)CCNC2=O)cc1C(C)(C)C. The molecule has 0 radical (unpaired) electrons. The van der Waals surface area contributed by atoms with Crippen molar-refractivity contribution in [3.63, 3.8) is 0 Å². The van der Waals surface area contributed by atoms with Crippen LogP contribution in [0.2, 0.25) is 0 Å². The minimum atomic E-state index is -5.08. The van der Waals surface area contributed by atoms with Crippen LogP contribution in [0.25, 0.3) is 0 Å². The van der Waals surface area contributed by atoms with Gasteiger partial charge in [0.05, 0.1) is 30.3 Å². The molecular formula is C25H26F3N3O6S. The fourth-order valence-electron chi connectivity index (χ4n) is 3.69. The Kier molecular flexibility index (Phi) is 7.88. The quantitative estimate of drug-likeness (QED) is 0.539. The van der Waals surface area contributed by atoms with Gasteiger partial charge in [-0.2, -0.15) is 0 Å². The number of carbonyl (C=O) groups excluding carboxylic acids is 2. The number of ether oxygens (including phenoxy) is 2. The molecule has 0 saturated carbocycles. The first kappa shape index (κ1) is 28.6. The van der Waals surface area contributed by atoms with Crippen LogP contribution in [0.3, 0.4) is 0 Å². The summed E-state index contributed by atoms with van der Waals surface area (Å²) in [7, 11) is -2.46. The highest BCUT2D eigenvalue weighted by Gasteiger charge is 2.33. The fourth-order valence-corrected chi connectivity index (χ4v) is 4.26. The molecule has 2 N–H and O–H groups in total. The van der Waals surface area contributed by atoms with E-state index < -0.39 is 45.2 Å². The van der Waals surface area contributed by atoms with E-state index in [1.165, 1.54) is 19.2 Å². The molecule has 3 amide bonds. The van der Waals surface area contributed by atoms with E-state index in [1.807, 2.05) is 25.5 Å². The van der Waals surface area contributed by atoms with Gasteiger partial charge in [0.25, 0.3) is 0 Å². The third kappa shape index (κ3) is 7.10. The summed E-state index contributed by atoms with van der Waals surface area (Å²) in [6.45, 7) is 5.92. The molecule has 9 nitrogen and oxygen atoms in total. The Morgan fingerprint density at radius 2 is 1.76 bits per heavy atom. The zero-order chi connectivity index (χ0) is 28.5. The van der Waals surface area contributed by atoms with Gasteiger partial charge in [-0.15, -0.1) is 13.2 Å². The van der Waals surface area contributed by atoms with E-state index in [4.69, 9.17) is 4.74 Å². The number of imide groups is 1. The molecular weight excluding hydrogens is 527 g/mol. The summed E-state index contributed by atoms with van der Waals surface area (Å²) >= 11 is 0. The summed E-state index contributed by atoms with van der Waals surface area (Å²) in [5.41, 5.74) is 0.328. The lowest BCUT2D eigenvalue weighted by Crippen LogP contribution is -2.50. The Bertz CT molecular complexity index is 1420. The molecule has 1 saturated heterocycles. The summed E-state index contributed by atoms with van der Waals surface area (Å²) in [6, 6.07) is 5.90. The molecule has 2 aromatic carbocycles. The molecule has 0 aliphatic carbocycles. The Morgan fingerprint density at radius 3 is 2.32 bits per heavy atom. The van der Waals surface area contributed by atoms with E-state index in [2.05, 4.69) is 21.9 Å². The van der Waals surface area contributed by atoms with Gasteiger partial charge in [-0.1, -0.05) is 32.6 Å². The van der Waals surface area contributed by atoms with Crippen molar-refractivity contribution in [2.75, 3.05) is 29.5 Å². The summed E-state index contributed by atoms with van der Waals surface area (Å²) in [5, 5.41) is 2.62. The average molecular weight is 554 g/mol. The number of alkyl halides is 3. The number of nitrogens with zero attached hydrogens (tertiary/aromatic N) is 1. The molecule has 3 rings (SSSR count). The number of rotatable bonds is 5. The average Bonchev–Trinajstić information content (AvgIpc) is 2.76. The van der Waals surface area contributed by atoms with E-state index in [9.17, 15) is 31.2 Å². The van der Waals surface area contributed by atoms with Crippen molar-refractivity contribution in [1.82, 2.24) is 5.32 Å². The lowest BCUT2D eigenvalue weighted by molar-refractivity contribution is -0.274. The molecule has 0 bridgehead atoms. The molecule has 1 aliphatic rings. The standard InChI is InChI=1S/C25H26F3N3O6S/c1-24(2,3)18-14-17(31-21(32)10-11-29-23(31)33)13-16(22(18)36-4)8-6-15-7-9-19(30-38(5,34)35)20(12-15)37-25(26,27)28/h7,9,12-14,30H,10-11H2,1-5H3,(H,29,33). The van der Waals surface area contributed by atoms with Crippen LogP contribution in [0.4, 0.5) is 29.3 Å². The molecule has 1 aliphatic heterocycles. The minimum absolute atomic E-state index is 0.0693. The third-order valence-electron chi connectivity index (χ3n) is 5.26. The Morgan fingerprint density at radius 1 is 1.08 bits per heavy atom. The molecule has 0 unspecified atom stereocenters. The summed E-state index contributed by atoms with van der Waals surface area (Å²) in [5.74, 6) is 4.73.